The maximum absolute atomic E-state index is 12.7. The molecule has 3 amide bonds. The Labute approximate surface area is 185 Å². The van der Waals surface area contributed by atoms with E-state index in [-0.39, 0.29) is 16.8 Å². The first-order chi connectivity index (χ1) is 14.4. The number of methoxy groups -OCH3 is 1. The Hall–Kier alpha value is -2.38. The van der Waals surface area contributed by atoms with E-state index in [4.69, 9.17) is 16.3 Å². The number of amides is 3. The number of likely N-dealkylation sites (tertiary alicyclic amines) is 1. The first-order valence-electron chi connectivity index (χ1n) is 9.85. The zero-order valence-corrected chi connectivity index (χ0v) is 18.6. The van der Waals surface area contributed by atoms with Gasteiger partial charge in [-0.3, -0.25) is 9.69 Å². The number of hydrogen-bond acceptors (Lipinski definition) is 4. The molecule has 0 saturated carbocycles. The molecule has 2 heterocycles. The van der Waals surface area contributed by atoms with Crippen LogP contribution in [0.15, 0.2) is 42.5 Å². The van der Waals surface area contributed by atoms with E-state index < -0.39 is 0 Å². The highest BCUT2D eigenvalue weighted by Gasteiger charge is 2.49. The Kier molecular flexibility index (Phi) is 5.84. The van der Waals surface area contributed by atoms with Gasteiger partial charge in [-0.15, -0.1) is 11.8 Å². The molecule has 2 aliphatic rings. The molecule has 158 valence electrons. The number of urea groups is 1. The molecule has 2 fully saturated rings. The number of hydrogen-bond donors (Lipinski definition) is 1. The van der Waals surface area contributed by atoms with Crippen LogP contribution in [0.5, 0.6) is 5.75 Å². The number of aryl methyl sites for hydroxylation is 1. The summed E-state index contributed by atoms with van der Waals surface area (Å²) in [5, 5.41) is 3.55. The first kappa shape index (κ1) is 20.9. The van der Waals surface area contributed by atoms with Gasteiger partial charge in [0.2, 0.25) is 5.91 Å². The molecule has 1 N–H and O–H groups in total. The highest BCUT2D eigenvalue weighted by atomic mass is 35.5. The number of anilines is 2. The van der Waals surface area contributed by atoms with Crippen molar-refractivity contribution in [3.8, 4) is 5.75 Å². The molecular formula is C22H24ClN3O3S. The summed E-state index contributed by atoms with van der Waals surface area (Å²) in [5.74, 6) is 1.27. The van der Waals surface area contributed by atoms with Gasteiger partial charge in [-0.25, -0.2) is 4.79 Å². The van der Waals surface area contributed by atoms with Crippen LogP contribution in [0.3, 0.4) is 0 Å². The summed E-state index contributed by atoms with van der Waals surface area (Å²) in [7, 11) is 1.62. The average molecular weight is 446 g/mol. The van der Waals surface area contributed by atoms with Gasteiger partial charge < -0.3 is 15.0 Å². The van der Waals surface area contributed by atoms with Crippen LogP contribution in [0.25, 0.3) is 0 Å². The Morgan fingerprint density at radius 3 is 2.67 bits per heavy atom. The highest BCUT2D eigenvalue weighted by molar-refractivity contribution is 8.02. The van der Waals surface area contributed by atoms with E-state index in [9.17, 15) is 9.59 Å². The number of halogens is 1. The number of thioether (sulfide) groups is 1. The Morgan fingerprint density at radius 1 is 1.20 bits per heavy atom. The number of nitrogens with zero attached hydrogens (tertiary/aromatic N) is 2. The third-order valence-electron chi connectivity index (χ3n) is 5.69. The second-order valence-corrected chi connectivity index (χ2v) is 9.29. The number of piperidine rings is 1. The van der Waals surface area contributed by atoms with Crippen LogP contribution in [0.2, 0.25) is 5.02 Å². The topological polar surface area (TPSA) is 61.9 Å². The van der Waals surface area contributed by atoms with E-state index in [1.165, 1.54) is 0 Å². The van der Waals surface area contributed by atoms with Gasteiger partial charge in [0.15, 0.2) is 0 Å². The maximum Gasteiger partial charge on any atom is 0.321 e. The fourth-order valence-electron chi connectivity index (χ4n) is 3.98. The van der Waals surface area contributed by atoms with Crippen molar-refractivity contribution >= 4 is 46.7 Å². The van der Waals surface area contributed by atoms with Crippen LogP contribution in [0.4, 0.5) is 16.2 Å². The number of carbonyl (C=O) groups excluding carboxylic acids is 2. The highest BCUT2D eigenvalue weighted by Crippen LogP contribution is 2.47. The molecule has 2 aromatic rings. The van der Waals surface area contributed by atoms with Crippen molar-refractivity contribution in [3.05, 3.63) is 53.1 Å². The van der Waals surface area contributed by atoms with Gasteiger partial charge in [0.1, 0.15) is 5.75 Å². The van der Waals surface area contributed by atoms with Crippen LogP contribution < -0.4 is 15.0 Å². The quantitative estimate of drug-likeness (QED) is 0.739. The van der Waals surface area contributed by atoms with Crippen molar-refractivity contribution in [1.29, 1.82) is 0 Å². The van der Waals surface area contributed by atoms with Crippen molar-refractivity contribution in [2.75, 3.05) is 36.2 Å². The third-order valence-corrected chi connectivity index (χ3v) is 7.61. The first-order valence-corrected chi connectivity index (χ1v) is 11.2. The summed E-state index contributed by atoms with van der Waals surface area (Å²) >= 11 is 7.83. The van der Waals surface area contributed by atoms with Crippen LogP contribution in [-0.2, 0) is 4.79 Å². The van der Waals surface area contributed by atoms with Crippen LogP contribution >= 0.6 is 23.4 Å². The van der Waals surface area contributed by atoms with Gasteiger partial charge in [-0.1, -0.05) is 23.7 Å². The normalized spacial score (nSPS) is 18.0. The summed E-state index contributed by atoms with van der Waals surface area (Å²) in [6, 6.07) is 12.9. The molecular weight excluding hydrogens is 422 g/mol. The lowest BCUT2D eigenvalue weighted by molar-refractivity contribution is -0.116. The molecule has 0 aliphatic carbocycles. The molecule has 2 saturated heterocycles. The Bertz CT molecular complexity index is 976. The minimum Gasteiger partial charge on any atom is -0.497 e. The van der Waals surface area contributed by atoms with E-state index in [1.54, 1.807) is 29.8 Å². The summed E-state index contributed by atoms with van der Waals surface area (Å²) in [6.07, 6.45) is 1.42. The predicted octanol–water partition coefficient (Wildman–Crippen LogP) is 4.76. The number of ether oxygens (including phenoxy) is 1. The number of rotatable bonds is 3. The van der Waals surface area contributed by atoms with Gasteiger partial charge in [-0.2, -0.15) is 0 Å². The molecule has 6 nitrogen and oxygen atoms in total. The summed E-state index contributed by atoms with van der Waals surface area (Å²) in [6.45, 7) is 3.07. The van der Waals surface area contributed by atoms with Gasteiger partial charge in [0.25, 0.3) is 0 Å². The molecule has 0 unspecified atom stereocenters. The molecule has 30 heavy (non-hydrogen) atoms. The second-order valence-electron chi connectivity index (χ2n) is 7.55. The number of nitrogens with one attached hydrogen (secondary N) is 1. The molecule has 0 bridgehead atoms. The molecule has 2 aromatic carbocycles. The average Bonchev–Trinajstić information content (AvgIpc) is 3.06. The van der Waals surface area contributed by atoms with Crippen LogP contribution in [0, 0.1) is 6.92 Å². The molecule has 0 aromatic heterocycles. The van der Waals surface area contributed by atoms with Crippen molar-refractivity contribution in [2.24, 2.45) is 0 Å². The second kappa shape index (κ2) is 8.40. The largest absolute Gasteiger partial charge is 0.497 e. The zero-order valence-electron chi connectivity index (χ0n) is 17.0. The van der Waals surface area contributed by atoms with Crippen molar-refractivity contribution < 1.29 is 14.3 Å². The maximum atomic E-state index is 12.7. The van der Waals surface area contributed by atoms with Crippen molar-refractivity contribution in [3.63, 3.8) is 0 Å². The Morgan fingerprint density at radius 2 is 1.97 bits per heavy atom. The molecule has 2 aliphatic heterocycles. The van der Waals surface area contributed by atoms with Crippen LogP contribution in [0.1, 0.15) is 18.4 Å². The Balaban J connectivity index is 1.46. The zero-order chi connectivity index (χ0) is 21.3. The third kappa shape index (κ3) is 3.96. The summed E-state index contributed by atoms with van der Waals surface area (Å²) in [5.41, 5.74) is 2.49. The minimum absolute atomic E-state index is 0.0976. The summed E-state index contributed by atoms with van der Waals surface area (Å²) < 4.78 is 5.33. The standard InChI is InChI=1S/C22H24ClN3O3S/c1-15-6-7-16(12-19(15)23)24-21(28)25-10-8-22(9-11-25)26(20(27)14-30-22)17-4-3-5-18(13-17)29-2/h3-7,12-13H,8-11,14H2,1-2H3,(H,24,28). The molecule has 0 radical (unpaired) electrons. The molecule has 4 rings (SSSR count). The molecule has 8 heteroatoms. The molecule has 0 atom stereocenters. The van der Waals surface area contributed by atoms with Gasteiger partial charge >= 0.3 is 6.03 Å². The summed E-state index contributed by atoms with van der Waals surface area (Å²) in [4.78, 5) is 28.8. The van der Waals surface area contributed by atoms with E-state index in [0.29, 0.717) is 42.4 Å². The number of benzene rings is 2. The fraction of sp³-hybridized carbons (Fsp3) is 0.364. The SMILES string of the molecule is COc1cccc(N2C(=O)CSC23CCN(C(=O)Nc2ccc(C)c(Cl)c2)CC3)c1. The van der Waals surface area contributed by atoms with E-state index in [1.807, 2.05) is 48.2 Å². The van der Waals surface area contributed by atoms with Crippen LogP contribution in [-0.4, -0.2) is 47.7 Å². The van der Waals surface area contributed by atoms with Crippen molar-refractivity contribution in [2.45, 2.75) is 24.6 Å². The minimum atomic E-state index is -0.326. The predicted molar refractivity (Wildman–Crippen MR) is 122 cm³/mol. The fourth-order valence-corrected chi connectivity index (χ4v) is 5.49. The van der Waals surface area contributed by atoms with E-state index in [2.05, 4.69) is 5.32 Å². The number of carbonyl (C=O) groups is 2. The van der Waals surface area contributed by atoms with E-state index >= 15 is 0 Å². The van der Waals surface area contributed by atoms with Gasteiger partial charge in [-0.05, 0) is 49.6 Å². The lowest BCUT2D eigenvalue weighted by atomic mass is 10.0. The van der Waals surface area contributed by atoms with E-state index in [0.717, 1.165) is 17.0 Å². The monoisotopic (exact) mass is 445 g/mol. The molecule has 1 spiro atoms. The van der Waals surface area contributed by atoms with Gasteiger partial charge in [0.05, 0.1) is 17.7 Å². The van der Waals surface area contributed by atoms with Gasteiger partial charge in [0, 0.05) is 35.6 Å². The smallest absolute Gasteiger partial charge is 0.321 e. The lowest BCUT2D eigenvalue weighted by Gasteiger charge is -2.43. The lowest BCUT2D eigenvalue weighted by Crippen LogP contribution is -2.53. The van der Waals surface area contributed by atoms with Crippen molar-refractivity contribution in [1.82, 2.24) is 4.90 Å².